The van der Waals surface area contributed by atoms with Gasteiger partial charge >= 0.3 is 0 Å². The fourth-order valence-electron chi connectivity index (χ4n) is 4.96. The number of nitrogens with zero attached hydrogens (tertiary/aromatic N) is 2. The van der Waals surface area contributed by atoms with Crippen LogP contribution in [0.15, 0.2) is 91.1 Å². The molecule has 0 aliphatic rings. The predicted molar refractivity (Wildman–Crippen MR) is 127 cm³/mol. The summed E-state index contributed by atoms with van der Waals surface area (Å²) in [6.45, 7) is -2.16. The molecule has 140 valence electrons. The third-order valence-corrected chi connectivity index (χ3v) is 6.24. The van der Waals surface area contributed by atoms with E-state index in [-0.39, 0.29) is 5.56 Å². The van der Waals surface area contributed by atoms with Gasteiger partial charge in [-0.05, 0) is 42.1 Å². The van der Waals surface area contributed by atoms with Crippen LogP contribution < -0.4 is 0 Å². The average Bonchev–Trinajstić information content (AvgIpc) is 3.35. The van der Waals surface area contributed by atoms with E-state index in [9.17, 15) is 0 Å². The second kappa shape index (κ2) is 5.58. The standard InChI is InChI=1S/C28H18N2/c1-17-10-13-25(29-16-17)19-14-23-21-8-4-5-9-26(21)30-27-20-7-3-2-6-18(20)11-12-22(27)24(15-19)28(23)30/h2-16H,1H3/i1D3. The first kappa shape index (κ1) is 13.3. The van der Waals surface area contributed by atoms with Gasteiger partial charge in [-0.25, -0.2) is 0 Å². The van der Waals surface area contributed by atoms with Crippen LogP contribution in [-0.4, -0.2) is 9.38 Å². The normalized spacial score (nSPS) is 14.1. The van der Waals surface area contributed by atoms with Crippen molar-refractivity contribution in [2.75, 3.05) is 0 Å². The minimum absolute atomic E-state index is 0.255. The minimum Gasteiger partial charge on any atom is -0.307 e. The topological polar surface area (TPSA) is 17.3 Å². The number of rotatable bonds is 1. The molecule has 0 fully saturated rings. The van der Waals surface area contributed by atoms with Crippen LogP contribution in [-0.2, 0) is 0 Å². The van der Waals surface area contributed by atoms with Crippen molar-refractivity contribution < 1.29 is 4.11 Å². The summed E-state index contributed by atoms with van der Waals surface area (Å²) in [6.07, 6.45) is 1.47. The lowest BCUT2D eigenvalue weighted by atomic mass is 10.0. The van der Waals surface area contributed by atoms with Crippen LogP contribution in [0, 0.1) is 6.85 Å². The molecule has 0 saturated heterocycles. The molecule has 2 nitrogen and oxygen atoms in total. The highest BCUT2D eigenvalue weighted by molar-refractivity contribution is 6.27. The Hall–Kier alpha value is -3.91. The third kappa shape index (κ3) is 1.95. The van der Waals surface area contributed by atoms with E-state index < -0.39 is 6.85 Å². The first-order chi connectivity index (χ1) is 16.0. The van der Waals surface area contributed by atoms with E-state index >= 15 is 0 Å². The van der Waals surface area contributed by atoms with Crippen molar-refractivity contribution in [1.82, 2.24) is 9.38 Å². The van der Waals surface area contributed by atoms with E-state index in [2.05, 4.69) is 82.2 Å². The van der Waals surface area contributed by atoms with Gasteiger partial charge in [0.25, 0.3) is 0 Å². The van der Waals surface area contributed by atoms with Crippen molar-refractivity contribution in [1.29, 1.82) is 0 Å². The molecule has 0 unspecified atom stereocenters. The number of aryl methyl sites for hydroxylation is 1. The molecule has 30 heavy (non-hydrogen) atoms. The van der Waals surface area contributed by atoms with Crippen LogP contribution >= 0.6 is 0 Å². The summed E-state index contributed by atoms with van der Waals surface area (Å²) in [7, 11) is 0. The molecule has 0 radical (unpaired) electrons. The van der Waals surface area contributed by atoms with E-state index in [1.807, 2.05) is 6.07 Å². The minimum atomic E-state index is -2.16. The Morgan fingerprint density at radius 3 is 2.30 bits per heavy atom. The number of benzene rings is 4. The molecule has 2 heteroatoms. The van der Waals surface area contributed by atoms with Crippen LogP contribution in [0.1, 0.15) is 9.68 Å². The second-order valence-corrected chi connectivity index (χ2v) is 7.89. The Bertz CT molecular complexity index is 1840. The van der Waals surface area contributed by atoms with Gasteiger partial charge in [0.1, 0.15) is 0 Å². The Labute approximate surface area is 177 Å². The van der Waals surface area contributed by atoms with Gasteiger partial charge in [-0.1, -0.05) is 60.7 Å². The first-order valence-electron chi connectivity index (χ1n) is 11.6. The van der Waals surface area contributed by atoms with E-state index in [1.165, 1.54) is 55.1 Å². The maximum Gasteiger partial charge on any atom is 0.0702 e. The molecule has 0 saturated carbocycles. The molecule has 0 spiro atoms. The molecular weight excluding hydrogens is 364 g/mol. The zero-order valence-electron chi connectivity index (χ0n) is 19.1. The van der Waals surface area contributed by atoms with Gasteiger partial charge in [0.15, 0.2) is 0 Å². The number of hydrogen-bond donors (Lipinski definition) is 0. The van der Waals surface area contributed by atoms with E-state index in [4.69, 9.17) is 4.11 Å². The fraction of sp³-hybridized carbons (Fsp3) is 0.0357. The first-order valence-corrected chi connectivity index (χ1v) is 10.1. The zero-order valence-corrected chi connectivity index (χ0v) is 16.1. The van der Waals surface area contributed by atoms with Crippen molar-refractivity contribution >= 4 is 48.9 Å². The number of aromatic nitrogens is 2. The van der Waals surface area contributed by atoms with E-state index in [1.54, 1.807) is 6.07 Å². The van der Waals surface area contributed by atoms with Gasteiger partial charge in [-0.3, -0.25) is 4.98 Å². The fourth-order valence-corrected chi connectivity index (χ4v) is 4.96. The molecule has 7 aromatic rings. The Balaban J connectivity index is 1.64. The number of pyridine rings is 1. The molecular formula is C28H18N2. The monoisotopic (exact) mass is 385 g/mol. The Morgan fingerprint density at radius 2 is 1.47 bits per heavy atom. The quantitative estimate of drug-likeness (QED) is 0.288. The van der Waals surface area contributed by atoms with Crippen LogP contribution in [0.25, 0.3) is 60.1 Å². The summed E-state index contributed by atoms with van der Waals surface area (Å²) < 4.78 is 25.3. The largest absolute Gasteiger partial charge is 0.307 e. The molecule has 0 bridgehead atoms. The van der Waals surface area contributed by atoms with E-state index in [0.29, 0.717) is 0 Å². The van der Waals surface area contributed by atoms with Gasteiger partial charge in [0.2, 0.25) is 0 Å². The summed E-state index contributed by atoms with van der Waals surface area (Å²) in [5.41, 5.74) is 5.63. The lowest BCUT2D eigenvalue weighted by molar-refractivity contribution is 1.27. The molecule has 0 aliphatic heterocycles. The molecule has 3 aromatic heterocycles. The summed E-state index contributed by atoms with van der Waals surface area (Å²) >= 11 is 0. The summed E-state index contributed by atoms with van der Waals surface area (Å²) in [5.74, 6) is 0. The highest BCUT2D eigenvalue weighted by Crippen LogP contribution is 2.43. The highest BCUT2D eigenvalue weighted by atomic mass is 14.9. The Kier molecular flexibility index (Phi) is 2.48. The molecule has 0 atom stereocenters. The maximum atomic E-state index is 7.63. The number of para-hydroxylation sites is 1. The molecule has 0 amide bonds. The third-order valence-electron chi connectivity index (χ3n) is 6.24. The van der Waals surface area contributed by atoms with Crippen molar-refractivity contribution in [2.45, 2.75) is 6.85 Å². The molecule has 0 aliphatic carbocycles. The molecule has 3 heterocycles. The molecule has 7 rings (SSSR count). The number of hydrogen-bond acceptors (Lipinski definition) is 1. The van der Waals surface area contributed by atoms with Gasteiger partial charge < -0.3 is 4.40 Å². The summed E-state index contributed by atoms with van der Waals surface area (Å²) in [4.78, 5) is 4.52. The molecule has 4 aromatic carbocycles. The molecule has 0 N–H and O–H groups in total. The van der Waals surface area contributed by atoms with E-state index in [0.717, 1.165) is 11.3 Å². The average molecular weight is 385 g/mol. The smallest absolute Gasteiger partial charge is 0.0702 e. The van der Waals surface area contributed by atoms with Crippen molar-refractivity contribution in [2.24, 2.45) is 0 Å². The van der Waals surface area contributed by atoms with Crippen molar-refractivity contribution in [3.63, 3.8) is 0 Å². The van der Waals surface area contributed by atoms with Crippen LogP contribution in [0.3, 0.4) is 0 Å². The summed E-state index contributed by atoms with van der Waals surface area (Å²) in [6, 6.07) is 29.3. The van der Waals surface area contributed by atoms with Crippen molar-refractivity contribution in [3.05, 3.63) is 96.7 Å². The van der Waals surface area contributed by atoms with Gasteiger partial charge in [-0.2, -0.15) is 0 Å². The lowest BCUT2D eigenvalue weighted by Crippen LogP contribution is -1.84. The van der Waals surface area contributed by atoms with Crippen LogP contribution in [0.2, 0.25) is 0 Å². The summed E-state index contributed by atoms with van der Waals surface area (Å²) in [5, 5.41) is 7.22. The van der Waals surface area contributed by atoms with Gasteiger partial charge in [0.05, 0.1) is 22.2 Å². The van der Waals surface area contributed by atoms with Gasteiger partial charge in [-0.15, -0.1) is 0 Å². The zero-order chi connectivity index (χ0) is 22.3. The number of fused-ring (bicyclic) bond motifs is 8. The second-order valence-electron chi connectivity index (χ2n) is 7.89. The van der Waals surface area contributed by atoms with Crippen molar-refractivity contribution in [3.8, 4) is 11.3 Å². The highest BCUT2D eigenvalue weighted by Gasteiger charge is 2.20. The van der Waals surface area contributed by atoms with Crippen LogP contribution in [0.5, 0.6) is 0 Å². The SMILES string of the molecule is [2H]C([2H])([2H])c1ccc(-c2cc3c4ccccc4n4c5c6ccccc6ccc5c(c2)c34)nc1. The van der Waals surface area contributed by atoms with Crippen LogP contribution in [0.4, 0.5) is 0 Å². The lowest BCUT2D eigenvalue weighted by Gasteiger charge is -2.04. The predicted octanol–water partition coefficient (Wildman–Crippen LogP) is 7.36. The van der Waals surface area contributed by atoms with Gasteiger partial charge in [0, 0.05) is 42.8 Å². The maximum absolute atomic E-state index is 7.63. The Morgan fingerprint density at radius 1 is 0.700 bits per heavy atom.